The Labute approximate surface area is 123 Å². The van der Waals surface area contributed by atoms with Crippen LogP contribution in [0.5, 0.6) is 0 Å². The third-order valence-corrected chi connectivity index (χ3v) is 5.08. The number of hydrogen-bond acceptors (Lipinski definition) is 4. The summed E-state index contributed by atoms with van der Waals surface area (Å²) in [5, 5.41) is 3.18. The minimum atomic E-state index is -3.35. The summed E-state index contributed by atoms with van der Waals surface area (Å²) < 4.78 is 33.6. The number of rotatable bonds is 10. The van der Waals surface area contributed by atoms with Crippen molar-refractivity contribution in [2.75, 3.05) is 39.8 Å². The average Bonchev–Trinajstić information content (AvgIpc) is 2.44. The topological polar surface area (TPSA) is 70.7 Å². The largest absolute Gasteiger partial charge is 0.378 e. The monoisotopic (exact) mass is 307 g/mol. The maximum absolute atomic E-state index is 12.0. The summed E-state index contributed by atoms with van der Waals surface area (Å²) in [5.74, 6) is 0. The van der Waals surface area contributed by atoms with Gasteiger partial charge < -0.3 is 10.1 Å². The first kappa shape index (κ1) is 17.8. The van der Waals surface area contributed by atoms with Gasteiger partial charge in [0.25, 0.3) is 10.2 Å². The second-order valence-corrected chi connectivity index (χ2v) is 7.07. The summed E-state index contributed by atoms with van der Waals surface area (Å²) in [6, 6.07) is 0. The van der Waals surface area contributed by atoms with Gasteiger partial charge >= 0.3 is 0 Å². The van der Waals surface area contributed by atoms with E-state index in [-0.39, 0.29) is 6.10 Å². The third-order valence-electron chi connectivity index (χ3n) is 3.51. The molecule has 1 fully saturated rings. The van der Waals surface area contributed by atoms with Crippen molar-refractivity contribution in [1.82, 2.24) is 14.3 Å². The van der Waals surface area contributed by atoms with Gasteiger partial charge in [0, 0.05) is 26.7 Å². The molecule has 120 valence electrons. The van der Waals surface area contributed by atoms with Crippen LogP contribution in [-0.2, 0) is 14.9 Å². The molecule has 0 aliphatic carbocycles. The molecule has 7 heteroatoms. The van der Waals surface area contributed by atoms with E-state index in [1.165, 1.54) is 10.7 Å². The SMILES string of the molecule is CCNCCCN(C)S(=O)(=O)NCCC1CCCCO1. The molecule has 1 saturated heterocycles. The molecule has 0 radical (unpaired) electrons. The van der Waals surface area contributed by atoms with Crippen molar-refractivity contribution < 1.29 is 13.2 Å². The summed E-state index contributed by atoms with van der Waals surface area (Å²) in [5.41, 5.74) is 0. The summed E-state index contributed by atoms with van der Waals surface area (Å²) in [7, 11) is -1.73. The van der Waals surface area contributed by atoms with E-state index >= 15 is 0 Å². The van der Waals surface area contributed by atoms with Crippen LogP contribution in [0.2, 0.25) is 0 Å². The van der Waals surface area contributed by atoms with E-state index in [1.807, 2.05) is 6.92 Å². The van der Waals surface area contributed by atoms with Crippen LogP contribution >= 0.6 is 0 Å². The molecule has 1 aliphatic heterocycles. The molecule has 1 unspecified atom stereocenters. The van der Waals surface area contributed by atoms with E-state index in [1.54, 1.807) is 7.05 Å². The number of nitrogens with zero attached hydrogens (tertiary/aromatic N) is 1. The van der Waals surface area contributed by atoms with Gasteiger partial charge in [0.05, 0.1) is 6.10 Å². The van der Waals surface area contributed by atoms with Gasteiger partial charge in [0.15, 0.2) is 0 Å². The summed E-state index contributed by atoms with van der Waals surface area (Å²) in [6.07, 6.45) is 5.13. The average molecular weight is 307 g/mol. The minimum absolute atomic E-state index is 0.213. The van der Waals surface area contributed by atoms with Gasteiger partial charge in [-0.05, 0) is 45.2 Å². The fourth-order valence-corrected chi connectivity index (χ4v) is 3.18. The lowest BCUT2D eigenvalue weighted by atomic mass is 10.1. The highest BCUT2D eigenvalue weighted by Gasteiger charge is 2.18. The van der Waals surface area contributed by atoms with Crippen LogP contribution in [-0.4, -0.2) is 58.7 Å². The third kappa shape index (κ3) is 6.99. The second-order valence-electron chi connectivity index (χ2n) is 5.21. The first-order valence-electron chi connectivity index (χ1n) is 7.59. The molecule has 1 atom stereocenters. The molecule has 1 heterocycles. The van der Waals surface area contributed by atoms with E-state index in [4.69, 9.17) is 4.74 Å². The molecular weight excluding hydrogens is 278 g/mol. The predicted octanol–water partition coefficient (Wildman–Crippen LogP) is 0.711. The van der Waals surface area contributed by atoms with Gasteiger partial charge in [0.1, 0.15) is 0 Å². The lowest BCUT2D eigenvalue weighted by Gasteiger charge is -2.23. The summed E-state index contributed by atoms with van der Waals surface area (Å²) in [4.78, 5) is 0. The van der Waals surface area contributed by atoms with Gasteiger partial charge in [-0.2, -0.15) is 12.7 Å². The molecular formula is C13H29N3O3S. The van der Waals surface area contributed by atoms with Gasteiger partial charge in [0.2, 0.25) is 0 Å². The molecule has 0 bridgehead atoms. The Balaban J connectivity index is 2.18. The first-order chi connectivity index (χ1) is 9.56. The van der Waals surface area contributed by atoms with Crippen LogP contribution in [0.3, 0.4) is 0 Å². The molecule has 2 N–H and O–H groups in total. The van der Waals surface area contributed by atoms with Crippen molar-refractivity contribution in [3.8, 4) is 0 Å². The normalized spacial score (nSPS) is 20.4. The lowest BCUT2D eigenvalue weighted by Crippen LogP contribution is -2.40. The fraction of sp³-hybridized carbons (Fsp3) is 1.00. The van der Waals surface area contributed by atoms with Crippen LogP contribution in [0.15, 0.2) is 0 Å². The van der Waals surface area contributed by atoms with E-state index < -0.39 is 10.2 Å². The van der Waals surface area contributed by atoms with Crippen molar-refractivity contribution in [1.29, 1.82) is 0 Å². The molecule has 0 aromatic carbocycles. The Morgan fingerprint density at radius 1 is 1.30 bits per heavy atom. The molecule has 0 spiro atoms. The quantitative estimate of drug-likeness (QED) is 0.583. The molecule has 1 aliphatic rings. The van der Waals surface area contributed by atoms with Crippen LogP contribution in [0.4, 0.5) is 0 Å². The van der Waals surface area contributed by atoms with Gasteiger partial charge in [-0.1, -0.05) is 6.92 Å². The zero-order chi connectivity index (χ0) is 14.8. The van der Waals surface area contributed by atoms with Crippen LogP contribution < -0.4 is 10.0 Å². The fourth-order valence-electron chi connectivity index (χ4n) is 2.22. The van der Waals surface area contributed by atoms with Crippen LogP contribution in [0.25, 0.3) is 0 Å². The van der Waals surface area contributed by atoms with Crippen molar-refractivity contribution >= 4 is 10.2 Å². The van der Waals surface area contributed by atoms with Crippen LogP contribution in [0.1, 0.15) is 39.0 Å². The molecule has 0 aromatic heterocycles. The standard InChI is InChI=1S/C13H29N3O3S/c1-3-14-9-6-11-16(2)20(17,18)15-10-8-13-7-4-5-12-19-13/h13-15H,3-12H2,1-2H3. The van der Waals surface area contributed by atoms with E-state index in [0.717, 1.165) is 45.4 Å². The lowest BCUT2D eigenvalue weighted by molar-refractivity contribution is 0.0123. The molecule has 6 nitrogen and oxygen atoms in total. The van der Waals surface area contributed by atoms with E-state index in [9.17, 15) is 8.42 Å². The Kier molecular flexibility index (Phi) is 8.63. The molecule has 0 saturated carbocycles. The highest BCUT2D eigenvalue weighted by molar-refractivity contribution is 7.87. The maximum atomic E-state index is 12.0. The number of hydrogen-bond donors (Lipinski definition) is 2. The Morgan fingerprint density at radius 3 is 2.75 bits per heavy atom. The van der Waals surface area contributed by atoms with E-state index in [2.05, 4.69) is 10.0 Å². The Hall–Kier alpha value is -0.210. The van der Waals surface area contributed by atoms with Crippen LogP contribution in [0, 0.1) is 0 Å². The van der Waals surface area contributed by atoms with Crippen molar-refractivity contribution in [3.63, 3.8) is 0 Å². The highest BCUT2D eigenvalue weighted by atomic mass is 32.2. The predicted molar refractivity (Wildman–Crippen MR) is 80.9 cm³/mol. The highest BCUT2D eigenvalue weighted by Crippen LogP contribution is 2.15. The minimum Gasteiger partial charge on any atom is -0.378 e. The maximum Gasteiger partial charge on any atom is 0.279 e. The molecule has 20 heavy (non-hydrogen) atoms. The second kappa shape index (κ2) is 9.68. The zero-order valence-corrected chi connectivity index (χ0v) is 13.5. The summed E-state index contributed by atoms with van der Waals surface area (Å²) >= 11 is 0. The first-order valence-corrected chi connectivity index (χ1v) is 9.03. The van der Waals surface area contributed by atoms with Crippen molar-refractivity contribution in [2.45, 2.75) is 45.1 Å². The van der Waals surface area contributed by atoms with Crippen molar-refractivity contribution in [3.05, 3.63) is 0 Å². The molecule has 0 amide bonds. The smallest absolute Gasteiger partial charge is 0.279 e. The Bertz CT molecular complexity index is 343. The van der Waals surface area contributed by atoms with Gasteiger partial charge in [-0.3, -0.25) is 0 Å². The van der Waals surface area contributed by atoms with Gasteiger partial charge in [-0.25, -0.2) is 4.72 Å². The summed E-state index contributed by atoms with van der Waals surface area (Å²) in [6.45, 7) is 5.58. The van der Waals surface area contributed by atoms with Crippen molar-refractivity contribution in [2.24, 2.45) is 0 Å². The molecule has 0 aromatic rings. The van der Waals surface area contributed by atoms with E-state index in [0.29, 0.717) is 13.1 Å². The zero-order valence-electron chi connectivity index (χ0n) is 12.7. The number of ether oxygens (including phenoxy) is 1. The number of nitrogens with one attached hydrogen (secondary N) is 2. The van der Waals surface area contributed by atoms with Gasteiger partial charge in [-0.15, -0.1) is 0 Å². The molecule has 1 rings (SSSR count). The Morgan fingerprint density at radius 2 is 2.10 bits per heavy atom.